The van der Waals surface area contributed by atoms with Crippen LogP contribution in [0.4, 0.5) is 5.69 Å². The van der Waals surface area contributed by atoms with Gasteiger partial charge in [-0.3, -0.25) is 0 Å². The smallest absolute Gasteiger partial charge is 0.328 e. The van der Waals surface area contributed by atoms with Crippen molar-refractivity contribution in [2.24, 2.45) is 0 Å². The monoisotopic (exact) mass is 280 g/mol. The number of aryl methyl sites for hydroxylation is 1. The number of ether oxygens (including phenoxy) is 2. The molecule has 2 N–H and O–H groups in total. The first-order chi connectivity index (χ1) is 9.10. The minimum absolute atomic E-state index is 0.254. The number of hydrogen-bond donors (Lipinski definition) is 2. The molecule has 1 aromatic rings. The van der Waals surface area contributed by atoms with Crippen LogP contribution in [-0.2, 0) is 9.53 Å². The highest BCUT2D eigenvalue weighted by atomic mass is 32.1. The summed E-state index contributed by atoms with van der Waals surface area (Å²) in [5, 5.41) is 6.43. The lowest BCUT2D eigenvalue weighted by atomic mass is 10.2. The van der Waals surface area contributed by atoms with Gasteiger partial charge in [0.25, 0.3) is 0 Å². The second-order valence-corrected chi connectivity index (χ2v) is 4.70. The molecule has 1 aliphatic heterocycles. The number of rotatable bonds is 3. The van der Waals surface area contributed by atoms with Crippen LogP contribution in [0, 0.1) is 6.92 Å². The zero-order valence-electron chi connectivity index (χ0n) is 10.9. The van der Waals surface area contributed by atoms with Crippen molar-refractivity contribution in [2.75, 3.05) is 19.0 Å². The van der Waals surface area contributed by atoms with Crippen LogP contribution in [0.1, 0.15) is 12.0 Å². The number of esters is 1. The number of cyclic esters (lactones) is 1. The fourth-order valence-electron chi connectivity index (χ4n) is 1.85. The number of thiocarbonyl (C=S) groups is 1. The highest BCUT2D eigenvalue weighted by molar-refractivity contribution is 7.80. The fraction of sp³-hybridized carbons (Fsp3) is 0.385. The molecule has 1 fully saturated rings. The van der Waals surface area contributed by atoms with E-state index in [2.05, 4.69) is 10.6 Å². The van der Waals surface area contributed by atoms with E-state index in [1.165, 1.54) is 0 Å². The van der Waals surface area contributed by atoms with E-state index in [4.69, 9.17) is 21.7 Å². The minimum atomic E-state index is -0.349. The molecule has 19 heavy (non-hydrogen) atoms. The predicted molar refractivity (Wildman–Crippen MR) is 76.5 cm³/mol. The third kappa shape index (κ3) is 3.35. The molecule has 0 spiro atoms. The quantitative estimate of drug-likeness (QED) is 0.648. The van der Waals surface area contributed by atoms with E-state index in [1.807, 2.05) is 25.1 Å². The van der Waals surface area contributed by atoms with Gasteiger partial charge in [-0.15, -0.1) is 0 Å². The first kappa shape index (κ1) is 13.6. The second kappa shape index (κ2) is 5.88. The standard InChI is InChI=1S/C13H16N2O3S/c1-8-7-9(17-2)3-4-10(8)14-13(19)15-11-5-6-18-12(11)16/h3-4,7,11H,5-6H2,1-2H3,(H2,14,15,19). The third-order valence-electron chi connectivity index (χ3n) is 2.92. The molecule has 0 amide bonds. The second-order valence-electron chi connectivity index (χ2n) is 4.29. The van der Waals surface area contributed by atoms with Crippen LogP contribution in [0.15, 0.2) is 18.2 Å². The van der Waals surface area contributed by atoms with Gasteiger partial charge in [0.15, 0.2) is 5.11 Å². The Morgan fingerprint density at radius 1 is 1.53 bits per heavy atom. The number of methoxy groups -OCH3 is 1. The topological polar surface area (TPSA) is 59.6 Å². The van der Waals surface area contributed by atoms with Crippen LogP contribution < -0.4 is 15.4 Å². The Labute approximate surface area is 117 Å². The van der Waals surface area contributed by atoms with E-state index in [9.17, 15) is 4.79 Å². The Bertz CT molecular complexity index is 505. The van der Waals surface area contributed by atoms with Gasteiger partial charge in [0, 0.05) is 12.1 Å². The van der Waals surface area contributed by atoms with E-state index in [0.717, 1.165) is 17.0 Å². The van der Waals surface area contributed by atoms with Crippen molar-refractivity contribution in [2.45, 2.75) is 19.4 Å². The summed E-state index contributed by atoms with van der Waals surface area (Å²) in [6, 6.07) is 5.30. The molecular weight excluding hydrogens is 264 g/mol. The van der Waals surface area contributed by atoms with E-state index in [-0.39, 0.29) is 12.0 Å². The van der Waals surface area contributed by atoms with Gasteiger partial charge in [0.05, 0.1) is 13.7 Å². The van der Waals surface area contributed by atoms with Crippen LogP contribution in [0.5, 0.6) is 5.75 Å². The molecule has 6 heteroatoms. The fourth-order valence-corrected chi connectivity index (χ4v) is 2.10. The van der Waals surface area contributed by atoms with Crippen LogP contribution in [0.25, 0.3) is 0 Å². The Balaban J connectivity index is 1.97. The summed E-state index contributed by atoms with van der Waals surface area (Å²) in [6.45, 7) is 2.40. The van der Waals surface area contributed by atoms with Crippen molar-refractivity contribution in [1.29, 1.82) is 0 Å². The summed E-state index contributed by atoms with van der Waals surface area (Å²) in [4.78, 5) is 11.3. The first-order valence-corrected chi connectivity index (χ1v) is 6.40. The van der Waals surface area contributed by atoms with Gasteiger partial charge in [0.2, 0.25) is 0 Å². The maximum absolute atomic E-state index is 11.3. The number of anilines is 1. The lowest BCUT2D eigenvalue weighted by Crippen LogP contribution is -2.40. The van der Waals surface area contributed by atoms with Crippen LogP contribution in [0.3, 0.4) is 0 Å². The Morgan fingerprint density at radius 3 is 2.89 bits per heavy atom. The van der Waals surface area contributed by atoms with E-state index in [1.54, 1.807) is 7.11 Å². The maximum atomic E-state index is 11.3. The largest absolute Gasteiger partial charge is 0.497 e. The van der Waals surface area contributed by atoms with E-state index in [0.29, 0.717) is 18.1 Å². The molecule has 1 heterocycles. The third-order valence-corrected chi connectivity index (χ3v) is 3.14. The molecule has 0 saturated carbocycles. The number of hydrogen-bond acceptors (Lipinski definition) is 4. The van der Waals surface area contributed by atoms with Gasteiger partial charge in [-0.25, -0.2) is 4.79 Å². The summed E-state index contributed by atoms with van der Waals surface area (Å²) in [6.07, 6.45) is 0.641. The van der Waals surface area contributed by atoms with Crippen LogP contribution in [-0.4, -0.2) is 30.8 Å². The van der Waals surface area contributed by atoms with E-state index < -0.39 is 0 Å². The summed E-state index contributed by atoms with van der Waals surface area (Å²) in [5.41, 5.74) is 1.89. The van der Waals surface area contributed by atoms with Gasteiger partial charge in [-0.1, -0.05) is 0 Å². The SMILES string of the molecule is COc1ccc(NC(=S)NC2CCOC2=O)c(C)c1. The summed E-state index contributed by atoms with van der Waals surface area (Å²) in [5.74, 6) is 0.539. The van der Waals surface area contributed by atoms with E-state index >= 15 is 0 Å². The van der Waals surface area contributed by atoms with Crippen molar-refractivity contribution >= 4 is 29.0 Å². The van der Waals surface area contributed by atoms with Crippen LogP contribution >= 0.6 is 12.2 Å². The molecular formula is C13H16N2O3S. The molecule has 1 atom stereocenters. The molecule has 2 rings (SSSR count). The number of carbonyl (C=O) groups is 1. The van der Waals surface area contributed by atoms with Crippen molar-refractivity contribution in [3.8, 4) is 5.75 Å². The molecule has 0 aromatic heterocycles. The number of nitrogens with one attached hydrogen (secondary N) is 2. The van der Waals surface area contributed by atoms with Gasteiger partial charge in [-0.05, 0) is 42.9 Å². The predicted octanol–water partition coefficient (Wildman–Crippen LogP) is 1.61. The Kier molecular flexibility index (Phi) is 4.21. The number of carbonyl (C=O) groups excluding carboxylic acids is 1. The Morgan fingerprint density at radius 2 is 2.32 bits per heavy atom. The molecule has 1 aromatic carbocycles. The summed E-state index contributed by atoms with van der Waals surface area (Å²) < 4.78 is 10.0. The normalized spacial score (nSPS) is 17.8. The molecule has 1 aliphatic rings. The zero-order chi connectivity index (χ0) is 13.8. The molecule has 0 aliphatic carbocycles. The summed E-state index contributed by atoms with van der Waals surface area (Å²) >= 11 is 5.19. The van der Waals surface area contributed by atoms with Gasteiger partial charge in [-0.2, -0.15) is 0 Å². The van der Waals surface area contributed by atoms with Crippen molar-refractivity contribution < 1.29 is 14.3 Å². The van der Waals surface area contributed by atoms with Crippen LogP contribution in [0.2, 0.25) is 0 Å². The molecule has 5 nitrogen and oxygen atoms in total. The minimum Gasteiger partial charge on any atom is -0.497 e. The average molecular weight is 280 g/mol. The lowest BCUT2D eigenvalue weighted by molar-refractivity contribution is -0.139. The molecule has 1 saturated heterocycles. The van der Waals surface area contributed by atoms with Crippen molar-refractivity contribution in [3.05, 3.63) is 23.8 Å². The van der Waals surface area contributed by atoms with Gasteiger partial charge >= 0.3 is 5.97 Å². The zero-order valence-corrected chi connectivity index (χ0v) is 11.7. The van der Waals surface area contributed by atoms with Crippen molar-refractivity contribution in [1.82, 2.24) is 5.32 Å². The van der Waals surface area contributed by atoms with Crippen molar-refractivity contribution in [3.63, 3.8) is 0 Å². The Hall–Kier alpha value is -1.82. The van der Waals surface area contributed by atoms with Gasteiger partial charge in [0.1, 0.15) is 11.8 Å². The highest BCUT2D eigenvalue weighted by Crippen LogP contribution is 2.21. The molecule has 0 radical (unpaired) electrons. The molecule has 102 valence electrons. The highest BCUT2D eigenvalue weighted by Gasteiger charge is 2.26. The summed E-state index contributed by atoms with van der Waals surface area (Å²) in [7, 11) is 1.62. The first-order valence-electron chi connectivity index (χ1n) is 5.99. The number of benzene rings is 1. The maximum Gasteiger partial charge on any atom is 0.328 e. The lowest BCUT2D eigenvalue weighted by Gasteiger charge is -2.15. The average Bonchev–Trinajstić information content (AvgIpc) is 2.77. The molecule has 0 bridgehead atoms. The van der Waals surface area contributed by atoms with Gasteiger partial charge < -0.3 is 20.1 Å². The molecule has 1 unspecified atom stereocenters.